The molecule has 1 aliphatic rings. The van der Waals surface area contributed by atoms with E-state index in [2.05, 4.69) is 16.8 Å². The smallest absolute Gasteiger partial charge is 0.112 e. The second kappa shape index (κ2) is 6.94. The third-order valence-electron chi connectivity index (χ3n) is 4.22. The van der Waals surface area contributed by atoms with Gasteiger partial charge in [0.25, 0.3) is 0 Å². The highest BCUT2D eigenvalue weighted by Crippen LogP contribution is 2.25. The van der Waals surface area contributed by atoms with Gasteiger partial charge >= 0.3 is 0 Å². The van der Waals surface area contributed by atoms with E-state index in [0.717, 1.165) is 37.1 Å². The molecule has 0 unspecified atom stereocenters. The van der Waals surface area contributed by atoms with Crippen molar-refractivity contribution in [1.82, 2.24) is 14.9 Å². The summed E-state index contributed by atoms with van der Waals surface area (Å²) < 4.78 is 5.48. The van der Waals surface area contributed by atoms with E-state index >= 15 is 0 Å². The predicted octanol–water partition coefficient (Wildman–Crippen LogP) is 1.38. The van der Waals surface area contributed by atoms with Crippen molar-refractivity contribution in [1.29, 1.82) is 5.41 Å². The summed E-state index contributed by atoms with van der Waals surface area (Å²) in [6.45, 7) is 5.17. The Labute approximate surface area is 140 Å². The number of allylic oxidation sites excluding steroid dienone is 1. The van der Waals surface area contributed by atoms with Crippen LogP contribution in [0.3, 0.4) is 0 Å². The number of nitrogen functional groups attached to an aromatic ring is 1. The Hall–Kier alpha value is -2.51. The highest BCUT2D eigenvalue weighted by molar-refractivity contribution is 5.97. The molecule has 2 aromatic heterocycles. The fourth-order valence-electron chi connectivity index (χ4n) is 2.90. The van der Waals surface area contributed by atoms with Gasteiger partial charge in [0.1, 0.15) is 11.2 Å². The molecule has 2 aromatic rings. The maximum Gasteiger partial charge on any atom is 0.112 e. The van der Waals surface area contributed by atoms with Crippen LogP contribution in [0.1, 0.15) is 18.3 Å². The predicted molar refractivity (Wildman–Crippen MR) is 95.6 cm³/mol. The van der Waals surface area contributed by atoms with E-state index in [-0.39, 0.29) is 0 Å². The minimum Gasteiger partial charge on any atom is -0.398 e. The molecule has 3 rings (SSSR count). The van der Waals surface area contributed by atoms with Crippen molar-refractivity contribution < 1.29 is 4.74 Å². The first kappa shape index (κ1) is 16.4. The van der Waals surface area contributed by atoms with E-state index < -0.39 is 0 Å². The molecular formula is C17H22N6O. The summed E-state index contributed by atoms with van der Waals surface area (Å²) in [5.74, 6) is 0. The highest BCUT2D eigenvalue weighted by Gasteiger charge is 2.20. The van der Waals surface area contributed by atoms with Crippen LogP contribution in [0.25, 0.3) is 16.6 Å². The number of nitrogens with two attached hydrogens (primary N) is 2. The standard InChI is InChI=1S/C17H22N6O/c1-11-10-24-7-6-23(11)9-12-8-15(20)13-3-5-21-17(16(13)22-12)14(19)2-4-18/h2-5,8,11,18H,6-7,9-10,19H2,1H3,(H2,20,22)/b14-2-,18-4?/t11-/m1/s1. The lowest BCUT2D eigenvalue weighted by atomic mass is 10.1. The van der Waals surface area contributed by atoms with Crippen LogP contribution in [0.4, 0.5) is 5.69 Å². The van der Waals surface area contributed by atoms with Crippen LogP contribution in [-0.2, 0) is 11.3 Å². The normalized spacial score (nSPS) is 19.5. The number of nitrogens with zero attached hydrogens (tertiary/aromatic N) is 3. The number of anilines is 1. The van der Waals surface area contributed by atoms with Gasteiger partial charge in [-0.25, -0.2) is 4.98 Å². The molecule has 0 aliphatic carbocycles. The molecule has 1 atom stereocenters. The molecule has 0 radical (unpaired) electrons. The zero-order valence-electron chi connectivity index (χ0n) is 13.7. The topological polar surface area (TPSA) is 114 Å². The third kappa shape index (κ3) is 3.22. The van der Waals surface area contributed by atoms with E-state index in [0.29, 0.717) is 35.2 Å². The first-order chi connectivity index (χ1) is 11.6. The molecule has 0 aromatic carbocycles. The first-order valence-electron chi connectivity index (χ1n) is 7.92. The Bertz CT molecular complexity index is 788. The number of ether oxygens (including phenoxy) is 1. The zero-order chi connectivity index (χ0) is 17.1. The Morgan fingerprint density at radius 1 is 1.54 bits per heavy atom. The zero-order valence-corrected chi connectivity index (χ0v) is 13.7. The Morgan fingerprint density at radius 2 is 2.38 bits per heavy atom. The molecule has 126 valence electrons. The van der Waals surface area contributed by atoms with E-state index in [1.807, 2.05) is 12.1 Å². The van der Waals surface area contributed by atoms with Crippen LogP contribution in [0, 0.1) is 5.41 Å². The van der Waals surface area contributed by atoms with Crippen molar-refractivity contribution in [2.24, 2.45) is 5.73 Å². The molecule has 3 heterocycles. The minimum absolute atomic E-state index is 0.341. The summed E-state index contributed by atoms with van der Waals surface area (Å²) in [5.41, 5.74) is 15.4. The van der Waals surface area contributed by atoms with E-state index in [1.165, 1.54) is 6.08 Å². The molecule has 5 N–H and O–H groups in total. The van der Waals surface area contributed by atoms with Crippen LogP contribution in [0.2, 0.25) is 0 Å². The molecule has 7 nitrogen and oxygen atoms in total. The molecule has 24 heavy (non-hydrogen) atoms. The maximum atomic E-state index is 7.19. The van der Waals surface area contributed by atoms with Crippen molar-refractivity contribution >= 4 is 28.5 Å². The lowest BCUT2D eigenvalue weighted by molar-refractivity contribution is -0.00485. The van der Waals surface area contributed by atoms with E-state index in [9.17, 15) is 0 Å². The van der Waals surface area contributed by atoms with Crippen molar-refractivity contribution in [3.63, 3.8) is 0 Å². The number of hydrogen-bond acceptors (Lipinski definition) is 7. The quantitative estimate of drug-likeness (QED) is 0.731. The van der Waals surface area contributed by atoms with Crippen LogP contribution in [0.5, 0.6) is 0 Å². The lowest BCUT2D eigenvalue weighted by Gasteiger charge is -2.33. The molecule has 0 bridgehead atoms. The van der Waals surface area contributed by atoms with Gasteiger partial charge in [-0.2, -0.15) is 0 Å². The number of aromatic nitrogens is 2. The summed E-state index contributed by atoms with van der Waals surface area (Å²) in [6.07, 6.45) is 4.29. The average Bonchev–Trinajstić information content (AvgIpc) is 2.57. The molecule has 1 aliphatic heterocycles. The van der Waals surface area contributed by atoms with Gasteiger partial charge in [-0.3, -0.25) is 9.88 Å². The average molecular weight is 326 g/mol. The molecule has 0 amide bonds. The second-order valence-electron chi connectivity index (χ2n) is 5.94. The molecule has 7 heteroatoms. The van der Waals surface area contributed by atoms with Crippen LogP contribution < -0.4 is 11.5 Å². The van der Waals surface area contributed by atoms with Crippen molar-refractivity contribution in [2.45, 2.75) is 19.5 Å². The van der Waals surface area contributed by atoms with Gasteiger partial charge < -0.3 is 21.6 Å². The summed E-state index contributed by atoms with van der Waals surface area (Å²) in [7, 11) is 0. The van der Waals surface area contributed by atoms with Crippen molar-refractivity contribution in [3.8, 4) is 0 Å². The largest absolute Gasteiger partial charge is 0.398 e. The monoisotopic (exact) mass is 326 g/mol. The van der Waals surface area contributed by atoms with Crippen LogP contribution in [0.15, 0.2) is 24.4 Å². The molecule has 1 fully saturated rings. The Kier molecular flexibility index (Phi) is 4.73. The number of rotatable bonds is 4. The molecule has 0 spiro atoms. The molecular weight excluding hydrogens is 304 g/mol. The fourth-order valence-corrected chi connectivity index (χ4v) is 2.90. The van der Waals surface area contributed by atoms with Crippen LogP contribution in [-0.4, -0.2) is 46.9 Å². The van der Waals surface area contributed by atoms with E-state index in [1.54, 1.807) is 6.20 Å². The number of hydrogen-bond donors (Lipinski definition) is 3. The highest BCUT2D eigenvalue weighted by atomic mass is 16.5. The van der Waals surface area contributed by atoms with Crippen molar-refractivity contribution in [3.05, 3.63) is 35.8 Å². The SMILES string of the molecule is C[C@@H]1COCCN1Cc1cc(N)c2ccnc(/C(N)=C/C=N)c2n1. The van der Waals surface area contributed by atoms with Gasteiger partial charge in [-0.15, -0.1) is 0 Å². The van der Waals surface area contributed by atoms with Gasteiger partial charge in [0.05, 0.1) is 24.6 Å². The first-order valence-corrected chi connectivity index (χ1v) is 7.92. The number of nitrogens with one attached hydrogen (secondary N) is 1. The maximum absolute atomic E-state index is 7.19. The molecule has 1 saturated heterocycles. The minimum atomic E-state index is 0.341. The van der Waals surface area contributed by atoms with Gasteiger partial charge in [0.15, 0.2) is 0 Å². The number of pyridine rings is 2. The number of fused-ring (bicyclic) bond motifs is 1. The fraction of sp³-hybridized carbons (Fsp3) is 0.353. The number of morpholine rings is 1. The second-order valence-corrected chi connectivity index (χ2v) is 5.94. The van der Waals surface area contributed by atoms with Gasteiger partial charge in [0.2, 0.25) is 0 Å². The van der Waals surface area contributed by atoms with Crippen molar-refractivity contribution in [2.75, 3.05) is 25.5 Å². The Balaban J connectivity index is 2.02. The summed E-state index contributed by atoms with van der Waals surface area (Å²) in [6, 6.07) is 4.08. The van der Waals surface area contributed by atoms with Gasteiger partial charge in [-0.1, -0.05) is 0 Å². The third-order valence-corrected chi connectivity index (χ3v) is 4.22. The Morgan fingerprint density at radius 3 is 3.12 bits per heavy atom. The van der Waals surface area contributed by atoms with Gasteiger partial charge in [-0.05, 0) is 25.1 Å². The summed E-state index contributed by atoms with van der Waals surface area (Å²) in [4.78, 5) is 11.4. The van der Waals surface area contributed by atoms with E-state index in [4.69, 9.17) is 26.6 Å². The lowest BCUT2D eigenvalue weighted by Crippen LogP contribution is -2.43. The van der Waals surface area contributed by atoms with Gasteiger partial charge in [0, 0.05) is 42.6 Å². The summed E-state index contributed by atoms with van der Waals surface area (Å²) >= 11 is 0. The molecule has 0 saturated carbocycles. The summed E-state index contributed by atoms with van der Waals surface area (Å²) in [5, 5.41) is 8.01. The van der Waals surface area contributed by atoms with Crippen LogP contribution >= 0.6 is 0 Å².